The van der Waals surface area contributed by atoms with Crippen LogP contribution in [0.2, 0.25) is 0 Å². The van der Waals surface area contributed by atoms with Gasteiger partial charge in [-0.25, -0.2) is 19.2 Å². The van der Waals surface area contributed by atoms with Crippen LogP contribution in [0.1, 0.15) is 72.1 Å². The Morgan fingerprint density at radius 2 is 0.500 bits per heavy atom. The van der Waals surface area contributed by atoms with E-state index in [1.54, 1.807) is 70.1 Å². The molecule has 1 aliphatic rings. The quantitative estimate of drug-likeness (QED) is 0.0130. The van der Waals surface area contributed by atoms with E-state index in [-0.39, 0.29) is 69.0 Å². The summed E-state index contributed by atoms with van der Waals surface area (Å²) in [5, 5.41) is 48.5. The van der Waals surface area contributed by atoms with Crippen molar-refractivity contribution in [3.8, 4) is 69.0 Å². The molecule has 0 saturated carbocycles. The fourth-order valence-corrected chi connectivity index (χ4v) is 20.5. The summed E-state index contributed by atoms with van der Waals surface area (Å²) in [4.78, 5) is 73.6. The van der Waals surface area contributed by atoms with Crippen LogP contribution in [0, 0.1) is 0 Å². The third-order valence-electron chi connectivity index (χ3n) is 13.8. The molecule has 0 radical (unpaired) electrons. The van der Waals surface area contributed by atoms with Crippen molar-refractivity contribution in [1.29, 1.82) is 0 Å². The summed E-state index contributed by atoms with van der Waals surface area (Å²) in [5.74, 6) is -3.99. The van der Waals surface area contributed by atoms with Crippen molar-refractivity contribution in [3.05, 3.63) is 232 Å². The fourth-order valence-electron chi connectivity index (χ4n) is 9.00. The molecule has 0 fully saturated rings. The topological polar surface area (TPSA) is 368 Å². The van der Waals surface area contributed by atoms with E-state index in [1.165, 1.54) is 177 Å². The molecule has 0 spiro atoms. The average Bonchev–Trinajstić information content (AvgIpc) is 0.859. The molecule has 4 aromatic heterocycles. The molecule has 2 unspecified atom stereocenters. The van der Waals surface area contributed by atoms with Crippen LogP contribution in [0.4, 0.5) is 0 Å². The molecule has 10 aromatic rings. The number of ether oxygens (including phenoxy) is 6. The minimum absolute atomic E-state index is 0.0248. The van der Waals surface area contributed by atoms with Gasteiger partial charge in [0.15, 0.2) is 69.0 Å². The van der Waals surface area contributed by atoms with E-state index in [9.17, 15) is 29.6 Å². The second kappa shape index (κ2) is 35.4. The lowest BCUT2D eigenvalue weighted by molar-refractivity contribution is 0.0516. The Kier molecular flexibility index (Phi) is 25.1. The van der Waals surface area contributed by atoms with Crippen LogP contribution in [0.5, 0.6) is 69.0 Å². The Balaban J connectivity index is 1.20. The highest BCUT2D eigenvalue weighted by atomic mass is 32.1. The van der Waals surface area contributed by atoms with E-state index in [2.05, 4.69) is 30.9 Å². The van der Waals surface area contributed by atoms with Gasteiger partial charge < -0.3 is 85.3 Å². The van der Waals surface area contributed by atoms with Crippen molar-refractivity contribution in [3.63, 3.8) is 0 Å². The van der Waals surface area contributed by atoms with Gasteiger partial charge in [0.2, 0.25) is 0 Å². The molecule has 0 saturated heterocycles. The molecule has 31 nitrogen and oxygen atoms in total. The molecule has 106 heavy (non-hydrogen) atoms. The Hall–Kier alpha value is -12.1. The van der Waals surface area contributed by atoms with E-state index in [0.29, 0.717) is 52.9 Å². The molecule has 11 rings (SSSR count). The molecule has 2 N–H and O–H groups in total. The van der Waals surface area contributed by atoms with Crippen molar-refractivity contribution in [1.82, 2.24) is 0 Å². The van der Waals surface area contributed by atoms with Gasteiger partial charge >= 0.3 is 46.9 Å². The van der Waals surface area contributed by atoms with Gasteiger partial charge in [-0.05, 0) is 155 Å². The standard InChI is InChI=1S/C68H56N9O22P3S4/c1-84-55-31-43(37-69-82)15-21-49(55)94-100(96-51-23-17-45(33-57(51)86-3)39-71-90-65(78)61-11-7-27-103-61)75-101(95-50-22-16-44(38-70-83)32-56(50)85-2,97-52-24-18-46(34-58(52)87-4)40-72-91-66(79)62-12-8-28-104-62)77-102(76-100,98-53-25-19-47(35-59(53)88-5)41-73-92-67(80)63-13-9-29-105-63)99-54-26-20-48(36-60(54)89-6)42-74-93-68(81)64-14-10-30-106-64/h7-42,82-83H,1-6H3/b69-37+,70-38+,71-39+,72-40+,73-41+,74-42+. The van der Waals surface area contributed by atoms with Crippen LogP contribution >= 0.6 is 68.3 Å². The van der Waals surface area contributed by atoms with E-state index >= 15 is 0 Å². The third-order valence-corrected chi connectivity index (χ3v) is 25.2. The molecule has 2 atom stereocenters. The lowest BCUT2D eigenvalue weighted by atomic mass is 10.2. The molecule has 6 aromatic carbocycles. The summed E-state index contributed by atoms with van der Waals surface area (Å²) in [6, 6.07) is 39.7. The molecule has 1 aliphatic heterocycles. The molecular weight excluding hydrogens is 1520 g/mol. The first-order valence-corrected chi connectivity index (χ1v) is 38.4. The minimum atomic E-state index is -5.12. The highest BCUT2D eigenvalue weighted by molar-refractivity contribution is 7.79. The molecular formula is C68H56N9O22P3S4. The smallest absolute Gasteiger partial charge is 0.461 e. The number of hydrogen-bond acceptors (Lipinski definition) is 35. The first-order valence-electron chi connectivity index (χ1n) is 30.2. The summed E-state index contributed by atoms with van der Waals surface area (Å²) < 4.78 is 95.8. The summed E-state index contributed by atoms with van der Waals surface area (Å²) in [6.07, 6.45) is 7.28. The molecule has 38 heteroatoms. The monoisotopic (exact) mass is 1570 g/mol. The number of carbonyl (C=O) groups is 4. The summed E-state index contributed by atoms with van der Waals surface area (Å²) >= 11 is 4.65. The minimum Gasteiger partial charge on any atom is -0.493 e. The maximum atomic E-state index is 12.9. The zero-order chi connectivity index (χ0) is 74.5. The van der Waals surface area contributed by atoms with E-state index in [0.717, 1.165) is 57.8 Å². The van der Waals surface area contributed by atoms with Crippen LogP contribution in [-0.4, -0.2) is 114 Å². The van der Waals surface area contributed by atoms with Crippen LogP contribution < -0.4 is 55.6 Å². The van der Waals surface area contributed by atoms with Gasteiger partial charge in [-0.2, -0.15) is 0 Å². The summed E-state index contributed by atoms with van der Waals surface area (Å²) in [7, 11) is -7.32. The highest BCUT2D eigenvalue weighted by Crippen LogP contribution is 2.80. The largest absolute Gasteiger partial charge is 0.493 e. The average molecular weight is 1570 g/mol. The van der Waals surface area contributed by atoms with Crippen LogP contribution in [0.15, 0.2) is 224 Å². The highest BCUT2D eigenvalue weighted by Gasteiger charge is 2.51. The Labute approximate surface area is 618 Å². The van der Waals surface area contributed by atoms with Crippen molar-refractivity contribution in [2.24, 2.45) is 44.5 Å². The number of nitrogens with zero attached hydrogens (tertiary/aromatic N) is 9. The number of benzene rings is 6. The number of methoxy groups -OCH3 is 6. The molecule has 0 aliphatic carbocycles. The van der Waals surface area contributed by atoms with Crippen LogP contribution in [0.3, 0.4) is 0 Å². The second-order valence-corrected chi connectivity index (χ2v) is 30.6. The number of carbonyl (C=O) groups excluding carboxylic acids is 4. The van der Waals surface area contributed by atoms with Gasteiger partial charge in [0.25, 0.3) is 0 Å². The van der Waals surface area contributed by atoms with E-state index < -0.39 is 46.9 Å². The second-order valence-electron chi connectivity index (χ2n) is 20.6. The Morgan fingerprint density at radius 1 is 0.302 bits per heavy atom. The predicted molar refractivity (Wildman–Crippen MR) is 398 cm³/mol. The van der Waals surface area contributed by atoms with Gasteiger partial charge in [0.05, 0.1) is 79.9 Å². The lowest BCUT2D eigenvalue weighted by Gasteiger charge is -2.34. The Morgan fingerprint density at radius 3 is 0.670 bits per heavy atom. The normalized spacial score (nSPS) is 15.3. The number of oxime groups is 6. The van der Waals surface area contributed by atoms with Crippen LogP contribution in [0.25, 0.3) is 0 Å². The van der Waals surface area contributed by atoms with Crippen LogP contribution in [-0.2, 0) is 19.4 Å². The molecule has 0 bridgehead atoms. The zero-order valence-electron chi connectivity index (χ0n) is 55.8. The van der Waals surface area contributed by atoms with E-state index in [1.807, 2.05) is 0 Å². The third kappa shape index (κ3) is 19.0. The number of thiophene rings is 4. The SMILES string of the molecule is COc1cc(/C=N/O)ccc1OP1(Oc2ccc(/C=N/OC(=O)c3cccs3)cc2OC)=NP(Oc2ccc(/C=N/O)cc2OC)(Oc2ccc(/C=N/OC(=O)c3cccs3)cc2OC)=NP(Oc2ccc(/C=N/OC(=O)c3cccs3)cc2OC)(Oc2ccc(/C=N/OC(=O)c3cccs3)cc2OC)=N1. The van der Waals surface area contributed by atoms with Gasteiger partial charge in [-0.15, -0.1) is 45.3 Å². The molecule has 0 amide bonds. The van der Waals surface area contributed by atoms with Gasteiger partial charge in [0, 0.05) is 33.4 Å². The van der Waals surface area contributed by atoms with Gasteiger partial charge in [0.1, 0.15) is 19.5 Å². The number of rotatable bonds is 32. The summed E-state index contributed by atoms with van der Waals surface area (Å²) in [5.41, 5.74) is 1.91. The lowest BCUT2D eigenvalue weighted by Crippen LogP contribution is -2.12. The molecule has 544 valence electrons. The fraction of sp³-hybridized carbons (Fsp3) is 0.0882. The van der Waals surface area contributed by atoms with Gasteiger partial charge in [-0.3, -0.25) is 0 Å². The van der Waals surface area contributed by atoms with Crippen molar-refractivity contribution < 1.29 is 105 Å². The predicted octanol–water partition coefficient (Wildman–Crippen LogP) is 17.0. The first kappa shape index (κ1) is 75.1. The van der Waals surface area contributed by atoms with Crippen molar-refractivity contribution in [2.45, 2.75) is 0 Å². The maximum absolute atomic E-state index is 12.9. The van der Waals surface area contributed by atoms with Crippen molar-refractivity contribution >= 4 is 129 Å². The Bertz CT molecular complexity index is 4900. The summed E-state index contributed by atoms with van der Waals surface area (Å²) in [6.45, 7) is 0. The van der Waals surface area contributed by atoms with Gasteiger partial charge in [-0.1, -0.05) is 68.7 Å². The maximum Gasteiger partial charge on any atom is 0.461 e. The first-order chi connectivity index (χ1) is 51.6. The van der Waals surface area contributed by atoms with E-state index in [4.69, 9.17) is 88.5 Å². The molecule has 5 heterocycles. The zero-order valence-corrected chi connectivity index (χ0v) is 61.8. The van der Waals surface area contributed by atoms with Crippen molar-refractivity contribution in [2.75, 3.05) is 42.7 Å². The number of hydrogen-bond donors (Lipinski definition) is 2.